The van der Waals surface area contributed by atoms with Gasteiger partial charge in [-0.05, 0) is 61.4 Å². The molecule has 0 heterocycles. The van der Waals surface area contributed by atoms with E-state index >= 15 is 0 Å². The fraction of sp³-hybridized carbons (Fsp3) is 0.154. The Hall–Kier alpha value is -3.34. The van der Waals surface area contributed by atoms with E-state index in [-0.39, 0.29) is 18.0 Å². The van der Waals surface area contributed by atoms with E-state index in [9.17, 15) is 14.4 Å². The zero-order chi connectivity index (χ0) is 24.7. The summed E-state index contributed by atoms with van der Waals surface area (Å²) in [4.78, 5) is 12.7. The second-order valence-corrected chi connectivity index (χ2v) is 8.51. The van der Waals surface area contributed by atoms with Crippen LogP contribution in [0.25, 0.3) is 6.08 Å². The molecular weight excluding hydrogens is 523 g/mol. The van der Waals surface area contributed by atoms with Gasteiger partial charge in [-0.15, -0.1) is 0 Å². The molecule has 34 heavy (non-hydrogen) atoms. The van der Waals surface area contributed by atoms with E-state index in [2.05, 4.69) is 21.2 Å². The summed E-state index contributed by atoms with van der Waals surface area (Å²) in [5.41, 5.74) is 2.17. The zero-order valence-electron chi connectivity index (χ0n) is 18.5. The van der Waals surface area contributed by atoms with E-state index in [1.54, 1.807) is 48.5 Å². The number of amides is 1. The van der Waals surface area contributed by atoms with Gasteiger partial charge < -0.3 is 14.8 Å². The predicted octanol–water partition coefficient (Wildman–Crippen LogP) is 7.07. The highest BCUT2D eigenvalue weighted by Crippen LogP contribution is 2.35. The van der Waals surface area contributed by atoms with E-state index in [1.165, 1.54) is 12.1 Å². The molecular formula is C26H21BrClFN2O3. The first kappa shape index (κ1) is 25.3. The summed E-state index contributed by atoms with van der Waals surface area (Å²) in [6.45, 7) is 4.02. The molecule has 0 spiro atoms. The molecule has 0 aliphatic rings. The third-order valence-corrected chi connectivity index (χ3v) is 5.74. The molecule has 3 aromatic carbocycles. The van der Waals surface area contributed by atoms with Gasteiger partial charge in [0.05, 0.1) is 6.61 Å². The molecule has 1 amide bonds. The van der Waals surface area contributed by atoms with Crippen LogP contribution >= 0.6 is 27.5 Å². The van der Waals surface area contributed by atoms with E-state index in [1.807, 2.05) is 19.9 Å². The summed E-state index contributed by atoms with van der Waals surface area (Å²) in [5, 5.41) is 12.8. The molecule has 0 aliphatic carbocycles. The van der Waals surface area contributed by atoms with Crippen LogP contribution in [0.2, 0.25) is 5.02 Å². The van der Waals surface area contributed by atoms with Crippen LogP contribution in [0.3, 0.4) is 0 Å². The van der Waals surface area contributed by atoms with Crippen molar-refractivity contribution in [2.24, 2.45) is 0 Å². The minimum Gasteiger partial charge on any atom is -0.490 e. The van der Waals surface area contributed by atoms with Gasteiger partial charge in [-0.2, -0.15) is 5.26 Å². The lowest BCUT2D eigenvalue weighted by Crippen LogP contribution is -2.14. The van der Waals surface area contributed by atoms with E-state index in [0.717, 1.165) is 5.56 Å². The van der Waals surface area contributed by atoms with Crippen LogP contribution in [0.15, 0.2) is 64.6 Å². The number of nitriles is 1. The second kappa shape index (κ2) is 11.7. The number of anilines is 1. The van der Waals surface area contributed by atoms with Crippen molar-refractivity contribution < 1.29 is 18.7 Å². The van der Waals surface area contributed by atoms with Crippen LogP contribution in [0.1, 0.15) is 23.6 Å². The molecule has 0 saturated carbocycles. The summed E-state index contributed by atoms with van der Waals surface area (Å²) in [6, 6.07) is 16.7. The van der Waals surface area contributed by atoms with Gasteiger partial charge in [0.2, 0.25) is 0 Å². The Morgan fingerprint density at radius 1 is 1.18 bits per heavy atom. The first-order valence-electron chi connectivity index (χ1n) is 10.3. The van der Waals surface area contributed by atoms with Gasteiger partial charge in [-0.3, -0.25) is 4.79 Å². The maximum atomic E-state index is 13.9. The highest BCUT2D eigenvalue weighted by atomic mass is 79.9. The van der Waals surface area contributed by atoms with Gasteiger partial charge in [0.15, 0.2) is 11.5 Å². The number of nitrogens with one attached hydrogen (secondary N) is 1. The first-order valence-corrected chi connectivity index (χ1v) is 11.5. The van der Waals surface area contributed by atoms with Gasteiger partial charge >= 0.3 is 0 Å². The maximum absolute atomic E-state index is 13.9. The Bertz CT molecular complexity index is 1290. The summed E-state index contributed by atoms with van der Waals surface area (Å²) >= 11 is 9.47. The minimum atomic E-state index is -0.572. The number of aryl methyl sites for hydroxylation is 1. The number of carbonyl (C=O) groups is 1. The molecule has 0 atom stereocenters. The third-order valence-electron chi connectivity index (χ3n) is 4.82. The number of hydrogen-bond acceptors (Lipinski definition) is 4. The lowest BCUT2D eigenvalue weighted by molar-refractivity contribution is -0.112. The first-order chi connectivity index (χ1) is 16.3. The van der Waals surface area contributed by atoms with E-state index < -0.39 is 5.91 Å². The Morgan fingerprint density at radius 3 is 2.62 bits per heavy atom. The molecule has 0 unspecified atom stereocenters. The van der Waals surface area contributed by atoms with E-state index in [4.69, 9.17) is 21.1 Å². The van der Waals surface area contributed by atoms with Crippen molar-refractivity contribution in [2.45, 2.75) is 20.5 Å². The predicted molar refractivity (Wildman–Crippen MR) is 134 cm³/mol. The number of halogens is 3. The molecule has 1 N–H and O–H groups in total. The normalized spacial score (nSPS) is 11.0. The average molecular weight is 544 g/mol. The molecule has 5 nitrogen and oxygen atoms in total. The quantitative estimate of drug-likeness (QED) is 0.244. The summed E-state index contributed by atoms with van der Waals surface area (Å²) < 4.78 is 26.0. The standard InChI is InChI=1S/C26H21BrClFN2O3/c1-3-33-24-11-18(21(27)13-25(24)34-15-17-6-4-5-7-22(17)29)10-19(14-30)26(32)31-23-12-20(28)9-8-16(23)2/h4-13H,3,15H2,1-2H3,(H,31,32)/b19-10+. The van der Waals surface area contributed by atoms with Crippen molar-refractivity contribution in [3.63, 3.8) is 0 Å². The topological polar surface area (TPSA) is 71.3 Å². The number of benzene rings is 3. The van der Waals surface area contributed by atoms with Gasteiger partial charge in [0, 0.05) is 20.7 Å². The number of hydrogen-bond donors (Lipinski definition) is 1. The van der Waals surface area contributed by atoms with Crippen molar-refractivity contribution in [3.8, 4) is 17.6 Å². The van der Waals surface area contributed by atoms with Crippen molar-refractivity contribution in [3.05, 3.63) is 92.2 Å². The highest BCUT2D eigenvalue weighted by Gasteiger charge is 2.15. The van der Waals surface area contributed by atoms with Crippen molar-refractivity contribution in [1.29, 1.82) is 5.26 Å². The third kappa shape index (κ3) is 6.37. The highest BCUT2D eigenvalue weighted by molar-refractivity contribution is 9.10. The summed E-state index contributed by atoms with van der Waals surface area (Å²) in [7, 11) is 0. The summed E-state index contributed by atoms with van der Waals surface area (Å²) in [6.07, 6.45) is 1.45. The molecule has 0 fully saturated rings. The SMILES string of the molecule is CCOc1cc(/C=C(\C#N)C(=O)Nc2cc(Cl)ccc2C)c(Br)cc1OCc1ccccc1F. The molecule has 0 saturated heterocycles. The van der Waals surface area contributed by atoms with Gasteiger partial charge in [-0.25, -0.2) is 4.39 Å². The fourth-order valence-corrected chi connectivity index (χ4v) is 3.65. The molecule has 0 bridgehead atoms. The number of nitrogens with zero attached hydrogens (tertiary/aromatic N) is 1. The van der Waals surface area contributed by atoms with Gasteiger partial charge in [-0.1, -0.05) is 51.8 Å². The van der Waals surface area contributed by atoms with Gasteiger partial charge in [0.1, 0.15) is 24.1 Å². The molecule has 3 aromatic rings. The van der Waals surface area contributed by atoms with E-state index in [0.29, 0.717) is 44.4 Å². The van der Waals surface area contributed by atoms with Crippen LogP contribution in [0.4, 0.5) is 10.1 Å². The van der Waals surface area contributed by atoms with Crippen LogP contribution in [-0.4, -0.2) is 12.5 Å². The maximum Gasteiger partial charge on any atom is 0.266 e. The second-order valence-electron chi connectivity index (χ2n) is 7.22. The largest absolute Gasteiger partial charge is 0.490 e. The number of ether oxygens (including phenoxy) is 2. The summed E-state index contributed by atoms with van der Waals surface area (Å²) in [5.74, 6) is -0.139. The van der Waals surface area contributed by atoms with Crippen molar-refractivity contribution in [1.82, 2.24) is 0 Å². The minimum absolute atomic E-state index is 0.0131. The number of rotatable bonds is 8. The lowest BCUT2D eigenvalue weighted by atomic mass is 10.1. The molecule has 0 radical (unpaired) electrons. The molecule has 0 aliphatic heterocycles. The zero-order valence-corrected chi connectivity index (χ0v) is 20.8. The Balaban J connectivity index is 1.88. The number of carbonyl (C=O) groups excluding carboxylic acids is 1. The fourth-order valence-electron chi connectivity index (χ4n) is 3.04. The van der Waals surface area contributed by atoms with Crippen molar-refractivity contribution in [2.75, 3.05) is 11.9 Å². The van der Waals surface area contributed by atoms with Crippen LogP contribution in [0, 0.1) is 24.1 Å². The van der Waals surface area contributed by atoms with Crippen LogP contribution in [-0.2, 0) is 11.4 Å². The van der Waals surface area contributed by atoms with Crippen molar-refractivity contribution >= 4 is 45.2 Å². The molecule has 8 heteroatoms. The van der Waals surface area contributed by atoms with Crippen LogP contribution in [0.5, 0.6) is 11.5 Å². The Labute approximate surface area is 210 Å². The lowest BCUT2D eigenvalue weighted by Gasteiger charge is -2.14. The average Bonchev–Trinajstić information content (AvgIpc) is 2.81. The monoisotopic (exact) mass is 542 g/mol. The van der Waals surface area contributed by atoms with Crippen LogP contribution < -0.4 is 14.8 Å². The smallest absolute Gasteiger partial charge is 0.266 e. The molecule has 174 valence electrons. The Morgan fingerprint density at radius 2 is 1.91 bits per heavy atom. The molecule has 0 aromatic heterocycles. The van der Waals surface area contributed by atoms with Gasteiger partial charge in [0.25, 0.3) is 5.91 Å². The molecule has 3 rings (SSSR count). The Kier molecular flexibility index (Phi) is 8.69.